The number of aliphatic imine (C=N–C) groups is 1. The van der Waals surface area contributed by atoms with Gasteiger partial charge in [-0.3, -0.25) is 4.99 Å². The maximum Gasteiger partial charge on any atom is 0.339 e. The number of hydrogen-bond acceptors (Lipinski definition) is 5. The van der Waals surface area contributed by atoms with Crippen molar-refractivity contribution in [2.45, 2.75) is 6.92 Å². The Bertz CT molecular complexity index is 789. The molecule has 0 radical (unpaired) electrons. The molecule has 0 aliphatic carbocycles. The highest BCUT2D eigenvalue weighted by Gasteiger charge is 2.11. The molecule has 0 atom stereocenters. The van der Waals surface area contributed by atoms with Crippen LogP contribution >= 0.6 is 15.9 Å². The Kier molecular flexibility index (Phi) is 5.81. The van der Waals surface area contributed by atoms with Crippen LogP contribution in [-0.2, 0) is 0 Å². The zero-order valence-corrected chi connectivity index (χ0v) is 14.7. The molecule has 24 heavy (non-hydrogen) atoms. The number of methoxy groups -OCH3 is 1. The summed E-state index contributed by atoms with van der Waals surface area (Å²) in [5.41, 5.74) is 0.955. The van der Waals surface area contributed by atoms with Crippen LogP contribution in [0.3, 0.4) is 0 Å². The van der Waals surface area contributed by atoms with E-state index in [2.05, 4.69) is 20.9 Å². The van der Waals surface area contributed by atoms with Gasteiger partial charge in [-0.05, 0) is 58.7 Å². The van der Waals surface area contributed by atoms with Crippen LogP contribution in [-0.4, -0.2) is 36.1 Å². The molecule has 0 aromatic heterocycles. The number of carbonyl (C=O) groups is 1. The van der Waals surface area contributed by atoms with Crippen LogP contribution in [0.15, 0.2) is 39.8 Å². The maximum absolute atomic E-state index is 11.0. The van der Waals surface area contributed by atoms with Crippen molar-refractivity contribution in [3.63, 3.8) is 0 Å². The first-order valence-electron chi connectivity index (χ1n) is 7.07. The Morgan fingerprint density at radius 2 is 2.08 bits per heavy atom. The van der Waals surface area contributed by atoms with Gasteiger partial charge in [0.25, 0.3) is 0 Å². The molecule has 0 fully saturated rings. The Morgan fingerprint density at radius 1 is 1.33 bits per heavy atom. The van der Waals surface area contributed by atoms with E-state index in [1.54, 1.807) is 19.4 Å². The number of aromatic hydroxyl groups is 1. The molecule has 0 aliphatic rings. The molecule has 0 unspecified atom stereocenters. The largest absolute Gasteiger partial charge is 0.507 e. The standard InChI is InChI=1S/C17H16BrNO5/c1-3-24-16-13(18)6-10(7-15(16)23-2)9-19-11-4-5-14(20)12(8-11)17(21)22/h4-9,20H,3H2,1-2H3,(H,21,22). The number of benzene rings is 2. The quantitative estimate of drug-likeness (QED) is 0.723. The van der Waals surface area contributed by atoms with Crippen molar-refractivity contribution in [2.75, 3.05) is 13.7 Å². The summed E-state index contributed by atoms with van der Waals surface area (Å²) >= 11 is 3.43. The third-order valence-corrected chi connectivity index (χ3v) is 3.70. The molecule has 7 heteroatoms. The molecule has 126 valence electrons. The van der Waals surface area contributed by atoms with Gasteiger partial charge < -0.3 is 19.7 Å². The number of nitrogens with zero attached hydrogens (tertiary/aromatic N) is 1. The molecule has 0 spiro atoms. The summed E-state index contributed by atoms with van der Waals surface area (Å²) in [5, 5.41) is 18.5. The third kappa shape index (κ3) is 4.05. The normalized spacial score (nSPS) is 10.8. The molecular formula is C17H16BrNO5. The Labute approximate surface area is 147 Å². The lowest BCUT2D eigenvalue weighted by Gasteiger charge is -2.12. The zero-order valence-electron chi connectivity index (χ0n) is 13.1. The number of carboxylic acids is 1. The Hall–Kier alpha value is -2.54. The highest BCUT2D eigenvalue weighted by atomic mass is 79.9. The van der Waals surface area contributed by atoms with E-state index in [0.29, 0.717) is 23.8 Å². The number of carboxylic acid groups (broad SMARTS) is 1. The predicted octanol–water partition coefficient (Wildman–Crippen LogP) is 4.01. The summed E-state index contributed by atoms with van der Waals surface area (Å²) in [6.07, 6.45) is 1.57. The minimum absolute atomic E-state index is 0.199. The molecule has 0 heterocycles. The molecule has 0 saturated heterocycles. The van der Waals surface area contributed by atoms with Gasteiger partial charge in [0.15, 0.2) is 11.5 Å². The Balaban J connectivity index is 2.34. The minimum Gasteiger partial charge on any atom is -0.507 e. The first-order chi connectivity index (χ1) is 11.5. The van der Waals surface area contributed by atoms with Gasteiger partial charge in [-0.2, -0.15) is 0 Å². The van der Waals surface area contributed by atoms with E-state index in [-0.39, 0.29) is 11.3 Å². The summed E-state index contributed by atoms with van der Waals surface area (Å²) in [5.74, 6) is -0.346. The van der Waals surface area contributed by atoms with Gasteiger partial charge in [0, 0.05) is 6.21 Å². The maximum atomic E-state index is 11.0. The number of hydrogen-bond donors (Lipinski definition) is 2. The molecule has 2 rings (SSSR count). The van der Waals surface area contributed by atoms with E-state index in [1.165, 1.54) is 18.2 Å². The third-order valence-electron chi connectivity index (χ3n) is 3.11. The summed E-state index contributed by atoms with van der Waals surface area (Å²) < 4.78 is 11.6. The average molecular weight is 394 g/mol. The zero-order chi connectivity index (χ0) is 17.7. The second-order valence-corrected chi connectivity index (χ2v) is 5.59. The summed E-state index contributed by atoms with van der Waals surface area (Å²) in [4.78, 5) is 15.3. The fraction of sp³-hybridized carbons (Fsp3) is 0.176. The first kappa shape index (κ1) is 17.8. The van der Waals surface area contributed by atoms with Crippen molar-refractivity contribution < 1.29 is 24.5 Å². The van der Waals surface area contributed by atoms with Crippen LogP contribution in [0.4, 0.5) is 5.69 Å². The lowest BCUT2D eigenvalue weighted by Crippen LogP contribution is -1.98. The van der Waals surface area contributed by atoms with E-state index in [0.717, 1.165) is 10.0 Å². The number of halogens is 1. The number of phenols is 1. The van der Waals surface area contributed by atoms with Crippen molar-refractivity contribution in [1.29, 1.82) is 0 Å². The van der Waals surface area contributed by atoms with Gasteiger partial charge in [-0.15, -0.1) is 0 Å². The van der Waals surface area contributed by atoms with Crippen molar-refractivity contribution in [3.05, 3.63) is 45.9 Å². The second kappa shape index (κ2) is 7.83. The molecule has 6 nitrogen and oxygen atoms in total. The van der Waals surface area contributed by atoms with E-state index < -0.39 is 5.97 Å². The smallest absolute Gasteiger partial charge is 0.339 e. The molecule has 0 bridgehead atoms. The van der Waals surface area contributed by atoms with E-state index in [4.69, 9.17) is 14.6 Å². The van der Waals surface area contributed by atoms with Crippen LogP contribution in [0.5, 0.6) is 17.2 Å². The molecule has 2 N–H and O–H groups in total. The van der Waals surface area contributed by atoms with Gasteiger partial charge in [0.2, 0.25) is 0 Å². The first-order valence-corrected chi connectivity index (χ1v) is 7.86. The number of rotatable bonds is 6. The number of ether oxygens (including phenoxy) is 2. The monoisotopic (exact) mass is 393 g/mol. The SMILES string of the molecule is CCOc1c(Br)cc(C=Nc2ccc(O)c(C(=O)O)c2)cc1OC. The van der Waals surface area contributed by atoms with Gasteiger partial charge in [-0.25, -0.2) is 4.79 Å². The van der Waals surface area contributed by atoms with Crippen LogP contribution in [0.2, 0.25) is 0 Å². The van der Waals surface area contributed by atoms with Crippen molar-refractivity contribution in [1.82, 2.24) is 0 Å². The highest BCUT2D eigenvalue weighted by Crippen LogP contribution is 2.36. The van der Waals surface area contributed by atoms with Gasteiger partial charge in [0.05, 0.1) is 23.9 Å². The van der Waals surface area contributed by atoms with E-state index >= 15 is 0 Å². The fourth-order valence-electron chi connectivity index (χ4n) is 2.02. The van der Waals surface area contributed by atoms with Crippen LogP contribution < -0.4 is 9.47 Å². The minimum atomic E-state index is -1.21. The molecule has 2 aromatic rings. The summed E-state index contributed by atoms with van der Waals surface area (Å²) in [6, 6.07) is 7.70. The lowest BCUT2D eigenvalue weighted by atomic mass is 10.1. The van der Waals surface area contributed by atoms with Crippen LogP contribution in [0.25, 0.3) is 0 Å². The fourth-order valence-corrected chi connectivity index (χ4v) is 2.60. The van der Waals surface area contributed by atoms with Crippen molar-refractivity contribution in [2.24, 2.45) is 4.99 Å². The van der Waals surface area contributed by atoms with Crippen LogP contribution in [0, 0.1) is 0 Å². The van der Waals surface area contributed by atoms with E-state index in [9.17, 15) is 9.90 Å². The van der Waals surface area contributed by atoms with Crippen LogP contribution in [0.1, 0.15) is 22.8 Å². The molecule has 0 saturated carbocycles. The molecule has 2 aromatic carbocycles. The molecule has 0 aliphatic heterocycles. The van der Waals surface area contributed by atoms with Crippen molar-refractivity contribution in [3.8, 4) is 17.2 Å². The van der Waals surface area contributed by atoms with Gasteiger partial charge in [0.1, 0.15) is 11.3 Å². The average Bonchev–Trinajstić information content (AvgIpc) is 2.55. The highest BCUT2D eigenvalue weighted by molar-refractivity contribution is 9.10. The topological polar surface area (TPSA) is 88.4 Å². The molecule has 0 amide bonds. The van der Waals surface area contributed by atoms with Gasteiger partial charge in [-0.1, -0.05) is 0 Å². The summed E-state index contributed by atoms with van der Waals surface area (Å²) in [7, 11) is 1.55. The predicted molar refractivity (Wildman–Crippen MR) is 94.2 cm³/mol. The molecular weight excluding hydrogens is 378 g/mol. The van der Waals surface area contributed by atoms with E-state index in [1.807, 2.05) is 13.0 Å². The second-order valence-electron chi connectivity index (χ2n) is 4.73. The van der Waals surface area contributed by atoms with Gasteiger partial charge >= 0.3 is 5.97 Å². The van der Waals surface area contributed by atoms with Crippen molar-refractivity contribution >= 4 is 33.8 Å². The number of aromatic carboxylic acids is 1. The lowest BCUT2D eigenvalue weighted by molar-refractivity contribution is 0.0694. The Morgan fingerprint density at radius 3 is 2.71 bits per heavy atom. The summed E-state index contributed by atoms with van der Waals surface area (Å²) in [6.45, 7) is 2.39.